The second-order valence-electron chi connectivity index (χ2n) is 16.7. The van der Waals surface area contributed by atoms with Gasteiger partial charge in [-0.1, -0.05) is 72.8 Å². The van der Waals surface area contributed by atoms with Gasteiger partial charge in [0.15, 0.2) is 6.29 Å². The smallest absolute Gasteiger partial charge is 0.410 e. The molecule has 15 nitrogen and oxygen atoms in total. The highest BCUT2D eigenvalue weighted by molar-refractivity contribution is 6.09. The van der Waals surface area contributed by atoms with E-state index in [-0.39, 0.29) is 38.4 Å². The van der Waals surface area contributed by atoms with Crippen LogP contribution in [0.2, 0.25) is 0 Å². The van der Waals surface area contributed by atoms with Crippen molar-refractivity contribution in [2.24, 2.45) is 0 Å². The first-order valence-corrected chi connectivity index (χ1v) is 21.2. The van der Waals surface area contributed by atoms with Gasteiger partial charge in [-0.15, -0.1) is 0 Å². The van der Waals surface area contributed by atoms with Gasteiger partial charge >= 0.3 is 18.2 Å². The Morgan fingerprint density at radius 1 is 0.683 bits per heavy atom. The molecule has 0 radical (unpaired) electrons. The van der Waals surface area contributed by atoms with Crippen LogP contribution in [-0.2, 0) is 28.6 Å². The molecule has 63 heavy (non-hydrogen) atoms. The average molecular weight is 870 g/mol. The lowest BCUT2D eigenvalue weighted by Crippen LogP contribution is -2.58. The van der Waals surface area contributed by atoms with Crippen molar-refractivity contribution < 1.29 is 47.7 Å². The van der Waals surface area contributed by atoms with Crippen LogP contribution in [0.25, 0.3) is 32.7 Å². The zero-order chi connectivity index (χ0) is 46.0. The molecule has 340 valence electrons. The first-order valence-electron chi connectivity index (χ1n) is 21.2. The van der Waals surface area contributed by atoms with Gasteiger partial charge in [-0.25, -0.2) is 9.59 Å². The Hall–Kier alpha value is -6.35. The van der Waals surface area contributed by atoms with Gasteiger partial charge in [-0.2, -0.15) is 0 Å². The lowest BCUT2D eigenvalue weighted by Gasteiger charge is -2.26. The molecule has 4 aromatic carbocycles. The molecule has 0 aliphatic carbocycles. The van der Waals surface area contributed by atoms with Gasteiger partial charge in [-0.05, 0) is 114 Å². The number of ether oxygens (including phenoxy) is 5. The number of unbranched alkanes of at least 4 members (excludes halogenated alkanes) is 1. The molecule has 0 heterocycles. The number of alkyl carbamates (subject to hydrolysis) is 2. The highest BCUT2D eigenvalue weighted by Crippen LogP contribution is 2.45. The van der Waals surface area contributed by atoms with Crippen molar-refractivity contribution in [2.75, 3.05) is 33.4 Å². The second kappa shape index (κ2) is 23.8. The van der Waals surface area contributed by atoms with E-state index in [1.165, 1.54) is 7.11 Å². The Morgan fingerprint density at radius 2 is 1.24 bits per heavy atom. The zero-order valence-electron chi connectivity index (χ0n) is 37.7. The number of methoxy groups -OCH3 is 1. The van der Waals surface area contributed by atoms with Gasteiger partial charge in [0.25, 0.3) is 0 Å². The minimum absolute atomic E-state index is 0.0611. The van der Waals surface area contributed by atoms with Gasteiger partial charge in [0.05, 0.1) is 13.7 Å². The second-order valence-corrected chi connectivity index (χ2v) is 16.7. The van der Waals surface area contributed by atoms with E-state index < -0.39 is 47.6 Å². The number of carbonyl (C=O) groups excluding carboxylic acids is 5. The quantitative estimate of drug-likeness (QED) is 0.0182. The van der Waals surface area contributed by atoms with Crippen molar-refractivity contribution in [3.8, 4) is 22.6 Å². The fraction of sp³-hybridized carbons (Fsp3) is 0.438. The minimum atomic E-state index is -1.04. The molecule has 0 unspecified atom stereocenters. The third-order valence-corrected chi connectivity index (χ3v) is 9.28. The number of hydrogen-bond acceptors (Lipinski definition) is 11. The predicted octanol–water partition coefficient (Wildman–Crippen LogP) is 7.64. The highest BCUT2D eigenvalue weighted by atomic mass is 16.6. The van der Waals surface area contributed by atoms with Gasteiger partial charge in [0.2, 0.25) is 11.8 Å². The standard InChI is InChI=1S/C48H63N5O10/c1-9-10-29-60-37-26-24-32-18-11-13-20-34(32)41(37)42-35-21-14-12-19-33(35)25-27-38(42)61-30-17-23-39(54)51-36(43(56)50-31-40(55)59-8)22-15-16-28-49-44(52-45(57)62-47(2,3)4)53-46(58)63-48(5,6)7/h9-14,18-21,24-27,36,44,49H,15-17,22-23,28-31H2,1-8H3,(H,50,56)(H,51,54)(H,52,57)(H,53,58)/b10-9+/t36-/m1/s1. The molecule has 5 N–H and O–H groups in total. The fourth-order valence-corrected chi connectivity index (χ4v) is 6.51. The van der Waals surface area contributed by atoms with Crippen LogP contribution in [-0.4, -0.2) is 86.9 Å². The molecule has 15 heteroatoms. The van der Waals surface area contributed by atoms with Gasteiger partial charge < -0.3 is 34.3 Å². The first-order chi connectivity index (χ1) is 30.0. The molecule has 0 saturated carbocycles. The van der Waals surface area contributed by atoms with Crippen molar-refractivity contribution in [1.29, 1.82) is 0 Å². The molecule has 4 amide bonds. The summed E-state index contributed by atoms with van der Waals surface area (Å²) in [5.41, 5.74) is 0.250. The maximum absolute atomic E-state index is 13.3. The molecule has 0 aliphatic heterocycles. The SMILES string of the molecule is C/C=C/COc1ccc2ccccc2c1-c1c(OCCCC(=O)N[C@H](CCCCNC(NC(=O)OC(C)(C)C)NC(=O)OC(C)(C)C)C(=O)NCC(=O)OC)ccc2ccccc12. The van der Waals surface area contributed by atoms with E-state index in [9.17, 15) is 24.0 Å². The number of carbonyl (C=O) groups is 5. The van der Waals surface area contributed by atoms with Gasteiger partial charge in [0.1, 0.15) is 41.9 Å². The summed E-state index contributed by atoms with van der Waals surface area (Å²) in [5, 5.41) is 17.6. The first kappa shape index (κ1) is 49.3. The summed E-state index contributed by atoms with van der Waals surface area (Å²) in [6, 6.07) is 23.2. The number of fused-ring (bicyclic) bond motifs is 2. The van der Waals surface area contributed by atoms with Crippen molar-refractivity contribution in [3.05, 3.63) is 84.9 Å². The maximum atomic E-state index is 13.3. The van der Waals surface area contributed by atoms with E-state index in [1.54, 1.807) is 41.5 Å². The molecule has 4 aromatic rings. The van der Waals surface area contributed by atoms with Crippen molar-refractivity contribution in [3.63, 3.8) is 0 Å². The summed E-state index contributed by atoms with van der Waals surface area (Å²) in [4.78, 5) is 63.4. The number of nitrogens with one attached hydrogen (secondary N) is 5. The van der Waals surface area contributed by atoms with Crippen LogP contribution < -0.4 is 36.1 Å². The fourth-order valence-electron chi connectivity index (χ4n) is 6.51. The average Bonchev–Trinajstić information content (AvgIpc) is 3.22. The normalized spacial score (nSPS) is 12.1. The van der Waals surface area contributed by atoms with Gasteiger partial charge in [-0.3, -0.25) is 30.3 Å². The van der Waals surface area contributed by atoms with Crippen LogP contribution in [0.15, 0.2) is 84.9 Å². The largest absolute Gasteiger partial charge is 0.493 e. The molecule has 0 bridgehead atoms. The third-order valence-electron chi connectivity index (χ3n) is 9.28. The summed E-state index contributed by atoms with van der Waals surface area (Å²) >= 11 is 0. The summed E-state index contributed by atoms with van der Waals surface area (Å²) in [7, 11) is 1.21. The number of benzene rings is 4. The third kappa shape index (κ3) is 16.5. The molecule has 0 fully saturated rings. The van der Waals surface area contributed by atoms with E-state index in [4.69, 9.17) is 18.9 Å². The monoisotopic (exact) mass is 869 g/mol. The number of hydrogen-bond donors (Lipinski definition) is 5. The maximum Gasteiger partial charge on any atom is 0.410 e. The molecule has 0 spiro atoms. The van der Waals surface area contributed by atoms with E-state index in [1.807, 2.05) is 67.6 Å². The van der Waals surface area contributed by atoms with E-state index in [0.29, 0.717) is 31.6 Å². The van der Waals surface area contributed by atoms with Crippen molar-refractivity contribution in [1.82, 2.24) is 26.6 Å². The lowest BCUT2D eigenvalue weighted by atomic mass is 9.92. The summed E-state index contributed by atoms with van der Waals surface area (Å²) in [6.45, 7) is 12.8. The lowest BCUT2D eigenvalue weighted by molar-refractivity contribution is -0.141. The molecule has 0 aromatic heterocycles. The Labute approximate surface area is 370 Å². The van der Waals surface area contributed by atoms with Crippen molar-refractivity contribution in [2.45, 2.75) is 104 Å². The van der Waals surface area contributed by atoms with Crippen LogP contribution in [0.4, 0.5) is 9.59 Å². The number of amides is 4. The van der Waals surface area contributed by atoms with E-state index >= 15 is 0 Å². The topological polar surface area (TPSA) is 192 Å². The molecule has 0 saturated heterocycles. The summed E-state index contributed by atoms with van der Waals surface area (Å²) < 4.78 is 28.1. The molecular weight excluding hydrogens is 807 g/mol. The summed E-state index contributed by atoms with van der Waals surface area (Å²) in [5.74, 6) is -0.193. The van der Waals surface area contributed by atoms with Crippen LogP contribution in [0.3, 0.4) is 0 Å². The molecule has 1 atom stereocenters. The van der Waals surface area contributed by atoms with Crippen LogP contribution in [0, 0.1) is 0 Å². The minimum Gasteiger partial charge on any atom is -0.493 e. The molecule has 4 rings (SSSR count). The number of esters is 1. The van der Waals surface area contributed by atoms with Crippen LogP contribution in [0.5, 0.6) is 11.5 Å². The predicted molar refractivity (Wildman–Crippen MR) is 243 cm³/mol. The number of rotatable bonds is 21. The van der Waals surface area contributed by atoms with E-state index in [0.717, 1.165) is 38.4 Å². The Morgan fingerprint density at radius 3 is 1.78 bits per heavy atom. The zero-order valence-corrected chi connectivity index (χ0v) is 37.7. The number of allylic oxidation sites excluding steroid dienone is 1. The Balaban J connectivity index is 1.42. The molecule has 0 aliphatic rings. The van der Waals surface area contributed by atoms with Gasteiger partial charge in [0, 0.05) is 17.5 Å². The van der Waals surface area contributed by atoms with Crippen molar-refractivity contribution >= 4 is 51.5 Å². The Bertz CT molecular complexity index is 2180. The Kier molecular flexibility index (Phi) is 18.6. The highest BCUT2D eigenvalue weighted by Gasteiger charge is 2.25. The van der Waals surface area contributed by atoms with Crippen LogP contribution in [0.1, 0.15) is 80.6 Å². The van der Waals surface area contributed by atoms with E-state index in [2.05, 4.69) is 55.6 Å². The summed E-state index contributed by atoms with van der Waals surface area (Å²) in [6.07, 6.45) is 2.89. The molecular formula is C48H63N5O10. The van der Waals surface area contributed by atoms with Crippen LogP contribution >= 0.6 is 0 Å².